The van der Waals surface area contributed by atoms with Crippen LogP contribution in [0.15, 0.2) is 42.5 Å². The number of para-hydroxylation sites is 1. The van der Waals surface area contributed by atoms with Crippen molar-refractivity contribution in [2.75, 3.05) is 37.7 Å². The van der Waals surface area contributed by atoms with Crippen molar-refractivity contribution in [3.05, 3.63) is 58.6 Å². The molecule has 1 amide bonds. The highest BCUT2D eigenvalue weighted by atomic mass is 35.5. The summed E-state index contributed by atoms with van der Waals surface area (Å²) in [5.41, 5.74) is 3.27. The van der Waals surface area contributed by atoms with Crippen molar-refractivity contribution in [1.82, 2.24) is 4.90 Å². The Kier molecular flexibility index (Phi) is 5.49. The molecule has 2 aromatic carbocycles. The Morgan fingerprint density at radius 1 is 1.08 bits per heavy atom. The molecular weight excluding hydrogens is 336 g/mol. The SMILES string of the molecule is Cc1ccc(OCC(=O)N2CCN(c3ccccc3Cl)CC2)c(C)c1. The third-order valence-electron chi connectivity index (χ3n) is 4.51. The first-order chi connectivity index (χ1) is 12.0. The van der Waals surface area contributed by atoms with Crippen LogP contribution in [0.2, 0.25) is 5.02 Å². The molecule has 0 unspecified atom stereocenters. The molecule has 0 saturated carbocycles. The van der Waals surface area contributed by atoms with Crippen LogP contribution in [-0.4, -0.2) is 43.6 Å². The quantitative estimate of drug-likeness (QED) is 0.835. The molecule has 5 heteroatoms. The maximum absolute atomic E-state index is 12.4. The molecule has 4 nitrogen and oxygen atoms in total. The highest BCUT2D eigenvalue weighted by Crippen LogP contribution is 2.26. The van der Waals surface area contributed by atoms with Crippen LogP contribution in [-0.2, 0) is 4.79 Å². The molecule has 2 aromatic rings. The van der Waals surface area contributed by atoms with Gasteiger partial charge in [-0.05, 0) is 37.6 Å². The lowest BCUT2D eigenvalue weighted by Gasteiger charge is -2.36. The largest absolute Gasteiger partial charge is 0.484 e. The number of aryl methyl sites for hydroxylation is 2. The molecule has 3 rings (SSSR count). The van der Waals surface area contributed by atoms with Gasteiger partial charge in [0.1, 0.15) is 5.75 Å². The summed E-state index contributed by atoms with van der Waals surface area (Å²) < 4.78 is 5.71. The minimum Gasteiger partial charge on any atom is -0.484 e. The van der Waals surface area contributed by atoms with Crippen molar-refractivity contribution in [2.24, 2.45) is 0 Å². The van der Waals surface area contributed by atoms with Gasteiger partial charge in [-0.3, -0.25) is 4.79 Å². The summed E-state index contributed by atoms with van der Waals surface area (Å²) in [5, 5.41) is 0.750. The van der Waals surface area contributed by atoms with Gasteiger partial charge in [-0.1, -0.05) is 41.4 Å². The normalized spacial score (nSPS) is 14.5. The number of nitrogens with zero attached hydrogens (tertiary/aromatic N) is 2. The molecule has 0 bridgehead atoms. The van der Waals surface area contributed by atoms with Crippen molar-refractivity contribution in [2.45, 2.75) is 13.8 Å². The van der Waals surface area contributed by atoms with E-state index in [1.165, 1.54) is 5.56 Å². The predicted octanol–water partition coefficient (Wildman–Crippen LogP) is 3.68. The van der Waals surface area contributed by atoms with E-state index in [1.807, 2.05) is 55.1 Å². The van der Waals surface area contributed by atoms with Gasteiger partial charge in [0.05, 0.1) is 10.7 Å². The zero-order valence-corrected chi connectivity index (χ0v) is 15.4. The molecular formula is C20H23ClN2O2. The van der Waals surface area contributed by atoms with Crippen LogP contribution in [0.3, 0.4) is 0 Å². The number of amides is 1. The van der Waals surface area contributed by atoms with Gasteiger partial charge in [0.25, 0.3) is 5.91 Å². The molecule has 132 valence electrons. The van der Waals surface area contributed by atoms with Crippen molar-refractivity contribution in [1.29, 1.82) is 0 Å². The Balaban J connectivity index is 1.52. The summed E-state index contributed by atoms with van der Waals surface area (Å²) >= 11 is 6.26. The number of rotatable bonds is 4. The van der Waals surface area contributed by atoms with Crippen LogP contribution in [0, 0.1) is 13.8 Å². The maximum atomic E-state index is 12.4. The summed E-state index contributed by atoms with van der Waals surface area (Å²) in [7, 11) is 0. The fraction of sp³-hybridized carbons (Fsp3) is 0.350. The van der Waals surface area contributed by atoms with Gasteiger partial charge in [0.15, 0.2) is 6.61 Å². The monoisotopic (exact) mass is 358 g/mol. The molecule has 0 radical (unpaired) electrons. The second-order valence-corrected chi connectivity index (χ2v) is 6.78. The van der Waals surface area contributed by atoms with Crippen molar-refractivity contribution in [3.63, 3.8) is 0 Å². The van der Waals surface area contributed by atoms with E-state index in [0.29, 0.717) is 13.1 Å². The van der Waals surface area contributed by atoms with Gasteiger partial charge in [0.2, 0.25) is 0 Å². The van der Waals surface area contributed by atoms with Gasteiger partial charge >= 0.3 is 0 Å². The first-order valence-electron chi connectivity index (χ1n) is 8.52. The van der Waals surface area contributed by atoms with Crippen molar-refractivity contribution >= 4 is 23.2 Å². The Bertz CT molecular complexity index is 755. The number of piperazine rings is 1. The second kappa shape index (κ2) is 7.79. The summed E-state index contributed by atoms with van der Waals surface area (Å²) in [6.45, 7) is 7.03. The van der Waals surface area contributed by atoms with Crippen LogP contribution >= 0.6 is 11.6 Å². The molecule has 0 atom stereocenters. The molecule has 0 N–H and O–H groups in total. The van der Waals surface area contributed by atoms with E-state index in [2.05, 4.69) is 11.0 Å². The van der Waals surface area contributed by atoms with Gasteiger partial charge in [-0.15, -0.1) is 0 Å². The highest BCUT2D eigenvalue weighted by molar-refractivity contribution is 6.33. The number of carbonyl (C=O) groups excluding carboxylic acids is 1. The van der Waals surface area contributed by atoms with Crippen molar-refractivity contribution < 1.29 is 9.53 Å². The van der Waals surface area contributed by atoms with Crippen LogP contribution in [0.1, 0.15) is 11.1 Å². The molecule has 1 saturated heterocycles. The Labute approximate surface area is 154 Å². The average molecular weight is 359 g/mol. The van der Waals surface area contributed by atoms with Gasteiger partial charge in [-0.2, -0.15) is 0 Å². The summed E-state index contributed by atoms with van der Waals surface area (Å²) in [6.07, 6.45) is 0. The maximum Gasteiger partial charge on any atom is 0.260 e. The van der Waals surface area contributed by atoms with E-state index in [4.69, 9.17) is 16.3 Å². The van der Waals surface area contributed by atoms with Crippen LogP contribution in [0.5, 0.6) is 5.75 Å². The van der Waals surface area contributed by atoms with Crippen LogP contribution in [0.25, 0.3) is 0 Å². The molecule has 1 heterocycles. The summed E-state index contributed by atoms with van der Waals surface area (Å²) in [4.78, 5) is 16.5. The molecule has 1 aliphatic rings. The van der Waals surface area contributed by atoms with E-state index >= 15 is 0 Å². The third-order valence-corrected chi connectivity index (χ3v) is 4.83. The Morgan fingerprint density at radius 3 is 2.48 bits per heavy atom. The zero-order valence-electron chi connectivity index (χ0n) is 14.7. The van der Waals surface area contributed by atoms with E-state index in [0.717, 1.165) is 35.1 Å². The Morgan fingerprint density at radius 2 is 1.80 bits per heavy atom. The van der Waals surface area contributed by atoms with Gasteiger partial charge in [0, 0.05) is 26.2 Å². The highest BCUT2D eigenvalue weighted by Gasteiger charge is 2.22. The number of benzene rings is 2. The number of carbonyl (C=O) groups is 1. The molecule has 0 aliphatic carbocycles. The smallest absolute Gasteiger partial charge is 0.260 e. The van der Waals surface area contributed by atoms with E-state index in [-0.39, 0.29) is 12.5 Å². The first-order valence-corrected chi connectivity index (χ1v) is 8.89. The lowest BCUT2D eigenvalue weighted by atomic mass is 10.1. The molecule has 25 heavy (non-hydrogen) atoms. The topological polar surface area (TPSA) is 32.8 Å². The molecule has 0 spiro atoms. The summed E-state index contributed by atoms with van der Waals surface area (Å²) in [6, 6.07) is 13.8. The average Bonchev–Trinajstić information content (AvgIpc) is 2.61. The summed E-state index contributed by atoms with van der Waals surface area (Å²) in [5.74, 6) is 0.799. The Hall–Kier alpha value is -2.20. The van der Waals surface area contributed by atoms with E-state index < -0.39 is 0 Å². The van der Waals surface area contributed by atoms with Crippen molar-refractivity contribution in [3.8, 4) is 5.75 Å². The number of halogens is 1. The lowest BCUT2D eigenvalue weighted by molar-refractivity contribution is -0.133. The number of ether oxygens (including phenoxy) is 1. The van der Waals surface area contributed by atoms with Crippen LogP contribution in [0.4, 0.5) is 5.69 Å². The lowest BCUT2D eigenvalue weighted by Crippen LogP contribution is -2.50. The fourth-order valence-electron chi connectivity index (χ4n) is 3.10. The van der Waals surface area contributed by atoms with Gasteiger partial charge in [-0.25, -0.2) is 0 Å². The fourth-order valence-corrected chi connectivity index (χ4v) is 3.35. The van der Waals surface area contributed by atoms with E-state index in [9.17, 15) is 4.79 Å². The van der Waals surface area contributed by atoms with Crippen LogP contribution < -0.4 is 9.64 Å². The minimum absolute atomic E-state index is 0.0267. The first kappa shape index (κ1) is 17.6. The molecule has 0 aromatic heterocycles. The standard InChI is InChI=1S/C20H23ClN2O2/c1-15-7-8-19(16(2)13-15)25-14-20(24)23-11-9-22(10-12-23)18-6-4-3-5-17(18)21/h3-8,13H,9-12,14H2,1-2H3. The van der Waals surface area contributed by atoms with Gasteiger partial charge < -0.3 is 14.5 Å². The molecule has 1 fully saturated rings. The number of hydrogen-bond donors (Lipinski definition) is 0. The second-order valence-electron chi connectivity index (χ2n) is 6.38. The third kappa shape index (κ3) is 4.26. The number of anilines is 1. The predicted molar refractivity (Wildman–Crippen MR) is 102 cm³/mol. The zero-order chi connectivity index (χ0) is 17.8. The van der Waals surface area contributed by atoms with E-state index in [1.54, 1.807) is 0 Å². The number of hydrogen-bond acceptors (Lipinski definition) is 3. The minimum atomic E-state index is 0.0267. The molecule has 1 aliphatic heterocycles.